The van der Waals surface area contributed by atoms with Crippen molar-refractivity contribution in [3.63, 3.8) is 0 Å². The molecule has 0 radical (unpaired) electrons. The van der Waals surface area contributed by atoms with Crippen LogP contribution in [0.2, 0.25) is 0 Å². The van der Waals surface area contributed by atoms with Crippen LogP contribution in [0.5, 0.6) is 0 Å². The Morgan fingerprint density at radius 1 is 1.39 bits per heavy atom. The Bertz CT molecular complexity index is 308. The van der Waals surface area contributed by atoms with Crippen LogP contribution in [-0.4, -0.2) is 60.6 Å². The molecule has 0 fully saturated rings. The van der Waals surface area contributed by atoms with Crippen LogP contribution in [0.3, 0.4) is 0 Å². The fraction of sp³-hybridized carbons (Fsp3) is 0.700. The molecule has 1 atom stereocenters. The molecule has 3 amide bonds. The van der Waals surface area contributed by atoms with Crippen molar-refractivity contribution in [1.29, 1.82) is 0 Å². The predicted molar refractivity (Wildman–Crippen MR) is 64.9 cm³/mol. The van der Waals surface area contributed by atoms with Gasteiger partial charge in [-0.1, -0.05) is 6.92 Å². The number of amides is 3. The lowest BCUT2D eigenvalue weighted by Gasteiger charge is -2.16. The highest BCUT2D eigenvalue weighted by Crippen LogP contribution is 1.91. The molecule has 0 unspecified atom stereocenters. The van der Waals surface area contributed by atoms with Gasteiger partial charge in [0.25, 0.3) is 0 Å². The van der Waals surface area contributed by atoms with E-state index in [0.29, 0.717) is 13.1 Å². The zero-order chi connectivity index (χ0) is 14.1. The summed E-state index contributed by atoms with van der Waals surface area (Å²) in [6.45, 7) is 3.87. The standard InChI is InChI=1S/C10H20N4O4/c1-3-14(2)5-4-12-10(18)13-7(9(16)17)6-8(11)15/h7H,3-6H2,1-2H3,(H2,11,15)(H,16,17)(H2,12,13,18)/t7-/m1/s1. The monoisotopic (exact) mass is 260 g/mol. The first-order valence-corrected chi connectivity index (χ1v) is 5.60. The molecule has 0 aliphatic rings. The maximum Gasteiger partial charge on any atom is 0.326 e. The number of carbonyl (C=O) groups is 3. The Kier molecular flexibility index (Phi) is 7.45. The van der Waals surface area contributed by atoms with Gasteiger partial charge in [0.05, 0.1) is 6.42 Å². The second kappa shape index (κ2) is 8.29. The van der Waals surface area contributed by atoms with E-state index in [1.807, 2.05) is 18.9 Å². The van der Waals surface area contributed by atoms with Crippen LogP contribution >= 0.6 is 0 Å². The minimum atomic E-state index is -1.30. The normalized spacial score (nSPS) is 11.9. The lowest BCUT2D eigenvalue weighted by Crippen LogP contribution is -2.48. The zero-order valence-corrected chi connectivity index (χ0v) is 10.6. The minimum Gasteiger partial charge on any atom is -0.480 e. The zero-order valence-electron chi connectivity index (χ0n) is 10.6. The van der Waals surface area contributed by atoms with Crippen molar-refractivity contribution in [2.24, 2.45) is 5.73 Å². The first kappa shape index (κ1) is 16.2. The highest BCUT2D eigenvalue weighted by molar-refractivity contribution is 5.87. The molecule has 5 N–H and O–H groups in total. The van der Waals surface area contributed by atoms with E-state index in [4.69, 9.17) is 10.8 Å². The summed E-state index contributed by atoms with van der Waals surface area (Å²) in [6.07, 6.45) is -0.433. The van der Waals surface area contributed by atoms with Gasteiger partial charge in [0.2, 0.25) is 5.91 Å². The fourth-order valence-corrected chi connectivity index (χ4v) is 1.13. The van der Waals surface area contributed by atoms with E-state index >= 15 is 0 Å². The molecular weight excluding hydrogens is 240 g/mol. The van der Waals surface area contributed by atoms with Crippen molar-refractivity contribution >= 4 is 17.9 Å². The lowest BCUT2D eigenvalue weighted by molar-refractivity contribution is -0.140. The Balaban J connectivity index is 4.03. The molecule has 104 valence electrons. The molecule has 8 heteroatoms. The third kappa shape index (κ3) is 7.44. The summed E-state index contributed by atoms with van der Waals surface area (Å²) < 4.78 is 0. The number of aliphatic carboxylic acids is 1. The third-order valence-corrected chi connectivity index (χ3v) is 2.33. The van der Waals surface area contributed by atoms with Gasteiger partial charge in [-0.05, 0) is 13.6 Å². The summed E-state index contributed by atoms with van der Waals surface area (Å²) in [6, 6.07) is -1.93. The number of nitrogens with two attached hydrogens (primary N) is 1. The van der Waals surface area contributed by atoms with E-state index in [-0.39, 0.29) is 0 Å². The average Bonchev–Trinajstić information content (AvgIpc) is 2.27. The molecule has 0 heterocycles. The number of hydrogen-bond donors (Lipinski definition) is 4. The molecule has 0 aliphatic heterocycles. The molecule has 0 rings (SSSR count). The number of hydrogen-bond acceptors (Lipinski definition) is 4. The van der Waals surface area contributed by atoms with Crippen molar-refractivity contribution in [2.45, 2.75) is 19.4 Å². The predicted octanol–water partition coefficient (Wildman–Crippen LogP) is -1.43. The van der Waals surface area contributed by atoms with Gasteiger partial charge < -0.3 is 26.4 Å². The minimum absolute atomic E-state index is 0.388. The maximum absolute atomic E-state index is 11.4. The number of nitrogens with zero attached hydrogens (tertiary/aromatic N) is 1. The number of carboxylic acid groups (broad SMARTS) is 1. The molecule has 0 aliphatic carbocycles. The molecule has 0 aromatic heterocycles. The molecule has 18 heavy (non-hydrogen) atoms. The first-order valence-electron chi connectivity index (χ1n) is 5.60. The third-order valence-electron chi connectivity index (χ3n) is 2.33. The number of carboxylic acids is 1. The Morgan fingerprint density at radius 2 is 2.00 bits per heavy atom. The second-order valence-electron chi connectivity index (χ2n) is 3.86. The summed E-state index contributed by atoms with van der Waals surface area (Å²) in [7, 11) is 1.90. The molecule has 0 aromatic rings. The van der Waals surface area contributed by atoms with Crippen LogP contribution in [0.15, 0.2) is 0 Å². The van der Waals surface area contributed by atoms with Crippen LogP contribution in [0.1, 0.15) is 13.3 Å². The molecular formula is C10H20N4O4. The van der Waals surface area contributed by atoms with E-state index in [2.05, 4.69) is 10.6 Å². The van der Waals surface area contributed by atoms with E-state index in [0.717, 1.165) is 6.54 Å². The van der Waals surface area contributed by atoms with Crippen LogP contribution in [0, 0.1) is 0 Å². The number of urea groups is 1. The van der Waals surface area contributed by atoms with Gasteiger partial charge in [0.15, 0.2) is 0 Å². The Morgan fingerprint density at radius 3 is 2.44 bits per heavy atom. The van der Waals surface area contributed by atoms with Crippen LogP contribution in [-0.2, 0) is 9.59 Å². The van der Waals surface area contributed by atoms with Crippen LogP contribution in [0.25, 0.3) is 0 Å². The van der Waals surface area contributed by atoms with Crippen molar-refractivity contribution in [3.05, 3.63) is 0 Å². The molecule has 0 spiro atoms. The van der Waals surface area contributed by atoms with Gasteiger partial charge >= 0.3 is 12.0 Å². The average molecular weight is 260 g/mol. The molecule has 8 nitrogen and oxygen atoms in total. The van der Waals surface area contributed by atoms with E-state index in [1.54, 1.807) is 0 Å². The van der Waals surface area contributed by atoms with E-state index in [9.17, 15) is 14.4 Å². The SMILES string of the molecule is CCN(C)CCNC(=O)N[C@H](CC(N)=O)C(=O)O. The van der Waals surface area contributed by atoms with Gasteiger partial charge in [-0.25, -0.2) is 9.59 Å². The number of likely N-dealkylation sites (N-methyl/N-ethyl adjacent to an activating group) is 1. The van der Waals surface area contributed by atoms with Crippen molar-refractivity contribution in [1.82, 2.24) is 15.5 Å². The number of rotatable bonds is 8. The molecule has 0 saturated carbocycles. The first-order chi connectivity index (χ1) is 8.36. The highest BCUT2D eigenvalue weighted by Gasteiger charge is 2.21. The smallest absolute Gasteiger partial charge is 0.326 e. The van der Waals surface area contributed by atoms with Crippen molar-refractivity contribution in [3.8, 4) is 0 Å². The number of nitrogens with one attached hydrogen (secondary N) is 2. The molecule has 0 aromatic carbocycles. The number of primary amides is 1. The van der Waals surface area contributed by atoms with Crippen molar-refractivity contribution in [2.75, 3.05) is 26.7 Å². The van der Waals surface area contributed by atoms with Gasteiger partial charge in [-0.2, -0.15) is 0 Å². The van der Waals surface area contributed by atoms with Gasteiger partial charge in [0, 0.05) is 13.1 Å². The van der Waals surface area contributed by atoms with Gasteiger partial charge in [-0.3, -0.25) is 4.79 Å². The highest BCUT2D eigenvalue weighted by atomic mass is 16.4. The summed E-state index contributed by atoms with van der Waals surface area (Å²) in [4.78, 5) is 34.7. The Hall–Kier alpha value is -1.83. The lowest BCUT2D eigenvalue weighted by atomic mass is 10.2. The Labute approximate surface area is 106 Å². The quantitative estimate of drug-likeness (QED) is 0.425. The number of carbonyl (C=O) groups excluding carboxylic acids is 2. The summed E-state index contributed by atoms with van der Waals surface area (Å²) in [5.74, 6) is -2.08. The summed E-state index contributed by atoms with van der Waals surface area (Å²) in [5, 5.41) is 13.4. The van der Waals surface area contributed by atoms with E-state index in [1.165, 1.54) is 0 Å². The summed E-state index contributed by atoms with van der Waals surface area (Å²) >= 11 is 0. The fourth-order valence-electron chi connectivity index (χ4n) is 1.13. The van der Waals surface area contributed by atoms with Crippen LogP contribution in [0.4, 0.5) is 4.79 Å². The van der Waals surface area contributed by atoms with Gasteiger partial charge in [-0.15, -0.1) is 0 Å². The van der Waals surface area contributed by atoms with Crippen LogP contribution < -0.4 is 16.4 Å². The maximum atomic E-state index is 11.4. The largest absolute Gasteiger partial charge is 0.480 e. The van der Waals surface area contributed by atoms with Crippen molar-refractivity contribution < 1.29 is 19.5 Å². The molecule has 0 saturated heterocycles. The second-order valence-corrected chi connectivity index (χ2v) is 3.86. The van der Waals surface area contributed by atoms with Gasteiger partial charge in [0.1, 0.15) is 6.04 Å². The topological polar surface area (TPSA) is 125 Å². The van der Waals surface area contributed by atoms with E-state index < -0.39 is 30.4 Å². The molecule has 0 bridgehead atoms. The summed E-state index contributed by atoms with van der Waals surface area (Å²) in [5.41, 5.74) is 4.88.